The van der Waals surface area contributed by atoms with E-state index in [1.807, 2.05) is 18.2 Å². The Balaban J connectivity index is 1.25. The van der Waals surface area contributed by atoms with Crippen LogP contribution < -0.4 is 10.1 Å². The third-order valence-electron chi connectivity index (χ3n) is 7.95. The Morgan fingerprint density at radius 2 is 2.00 bits per heavy atom. The monoisotopic (exact) mass is 448 g/mol. The van der Waals surface area contributed by atoms with E-state index in [9.17, 15) is 14.9 Å². The summed E-state index contributed by atoms with van der Waals surface area (Å²) in [5, 5.41) is 12.2. The summed E-state index contributed by atoms with van der Waals surface area (Å²) in [6, 6.07) is 8.12. The molecule has 3 fully saturated rings. The summed E-state index contributed by atoms with van der Waals surface area (Å²) in [5.74, 6) is 0.559. The van der Waals surface area contributed by atoms with Crippen LogP contribution in [0.1, 0.15) is 67.8 Å². The fourth-order valence-electron chi connectivity index (χ4n) is 5.80. The molecule has 1 aromatic rings. The van der Waals surface area contributed by atoms with Crippen molar-refractivity contribution in [1.29, 1.82) is 5.26 Å². The number of nitrogens with one attached hydrogen (secondary N) is 1. The zero-order valence-corrected chi connectivity index (χ0v) is 19.3. The van der Waals surface area contributed by atoms with Crippen molar-refractivity contribution in [3.8, 4) is 11.8 Å². The second kappa shape index (κ2) is 8.49. The predicted molar refractivity (Wildman–Crippen MR) is 123 cm³/mol. The molecule has 0 bridgehead atoms. The summed E-state index contributed by atoms with van der Waals surface area (Å²) < 4.78 is 6.47. The molecule has 0 radical (unpaired) electrons. The van der Waals surface area contributed by atoms with Gasteiger partial charge in [-0.2, -0.15) is 5.26 Å². The molecule has 1 saturated carbocycles. The number of carbonyl (C=O) groups is 2. The molecule has 4 aliphatic rings. The molecule has 2 saturated heterocycles. The highest BCUT2D eigenvalue weighted by atomic mass is 16.5. The minimum Gasteiger partial charge on any atom is -0.489 e. The van der Waals surface area contributed by atoms with Gasteiger partial charge in [0.15, 0.2) is 0 Å². The molecule has 1 unspecified atom stereocenters. The summed E-state index contributed by atoms with van der Waals surface area (Å²) in [5.41, 5.74) is 2.10. The van der Waals surface area contributed by atoms with Crippen LogP contribution in [0.4, 0.5) is 0 Å². The fourth-order valence-corrected chi connectivity index (χ4v) is 5.80. The number of rotatable bonds is 4. The molecule has 0 spiro atoms. The van der Waals surface area contributed by atoms with Crippen molar-refractivity contribution in [2.24, 2.45) is 5.41 Å². The van der Waals surface area contributed by atoms with Gasteiger partial charge in [-0.15, -0.1) is 0 Å². The van der Waals surface area contributed by atoms with Gasteiger partial charge in [0, 0.05) is 36.9 Å². The lowest BCUT2D eigenvalue weighted by atomic mass is 9.81. The van der Waals surface area contributed by atoms with Gasteiger partial charge >= 0.3 is 0 Å². The maximum Gasteiger partial charge on any atom is 0.255 e. The molecule has 2 amide bonds. The van der Waals surface area contributed by atoms with Gasteiger partial charge in [-0.1, -0.05) is 6.58 Å². The number of amides is 2. The molecule has 1 N–H and O–H groups in total. The molecule has 7 heteroatoms. The molecule has 7 nitrogen and oxygen atoms in total. The van der Waals surface area contributed by atoms with Crippen LogP contribution in [-0.2, 0) is 11.3 Å². The summed E-state index contributed by atoms with van der Waals surface area (Å²) in [6.45, 7) is 8.21. The lowest BCUT2D eigenvalue weighted by Crippen LogP contribution is -2.49. The minimum absolute atomic E-state index is 0.0863. The number of carbonyl (C=O) groups excluding carboxylic acids is 2. The van der Waals surface area contributed by atoms with E-state index in [1.54, 1.807) is 4.90 Å². The van der Waals surface area contributed by atoms with Crippen molar-refractivity contribution in [2.75, 3.05) is 13.1 Å². The van der Waals surface area contributed by atoms with E-state index >= 15 is 0 Å². The Bertz CT molecular complexity index is 1020. The van der Waals surface area contributed by atoms with Crippen LogP contribution in [0.5, 0.6) is 5.75 Å². The average Bonchev–Trinajstić information content (AvgIpc) is 3.39. The van der Waals surface area contributed by atoms with E-state index in [-0.39, 0.29) is 23.3 Å². The Morgan fingerprint density at radius 1 is 1.21 bits per heavy atom. The smallest absolute Gasteiger partial charge is 0.255 e. The molecule has 174 valence electrons. The van der Waals surface area contributed by atoms with Crippen molar-refractivity contribution in [2.45, 2.75) is 76.6 Å². The summed E-state index contributed by atoms with van der Waals surface area (Å²) in [4.78, 5) is 29.6. The van der Waals surface area contributed by atoms with Crippen molar-refractivity contribution < 1.29 is 14.3 Å². The molecule has 3 heterocycles. The number of nitrogens with zero attached hydrogens (tertiary/aromatic N) is 3. The first-order valence-corrected chi connectivity index (χ1v) is 12.1. The van der Waals surface area contributed by atoms with E-state index in [4.69, 9.17) is 4.74 Å². The Kier molecular flexibility index (Phi) is 5.65. The second-order valence-corrected chi connectivity index (χ2v) is 10.3. The predicted octanol–water partition coefficient (Wildman–Crippen LogP) is 3.36. The molecule has 0 aromatic heterocycles. The van der Waals surface area contributed by atoms with Gasteiger partial charge < -0.3 is 15.0 Å². The van der Waals surface area contributed by atoms with Crippen molar-refractivity contribution in [3.05, 3.63) is 41.6 Å². The number of allylic oxidation sites excluding steroid dienone is 1. The summed E-state index contributed by atoms with van der Waals surface area (Å²) >= 11 is 0. The van der Waals surface area contributed by atoms with Crippen molar-refractivity contribution in [1.82, 2.24) is 15.1 Å². The number of fused-ring (bicyclic) bond motifs is 1. The number of hydrogen-bond acceptors (Lipinski definition) is 5. The normalized spacial score (nSPS) is 29.5. The second-order valence-electron chi connectivity index (χ2n) is 10.3. The third kappa shape index (κ3) is 4.13. The highest BCUT2D eigenvalue weighted by molar-refractivity contribution is 6.01. The minimum atomic E-state index is -0.447. The van der Waals surface area contributed by atoms with Crippen LogP contribution in [0.2, 0.25) is 0 Å². The highest BCUT2D eigenvalue weighted by Gasteiger charge is 2.40. The SMILES string of the molecule is C=C1CCC(N2Cc3cc(O[C@H]4CCC[C@H]4N4CCC(C)(C#N)CC4)ccc3C2=O)C(=O)N1. The Labute approximate surface area is 195 Å². The number of piperidine rings is 2. The van der Waals surface area contributed by atoms with Crippen molar-refractivity contribution >= 4 is 11.8 Å². The number of hydrogen-bond donors (Lipinski definition) is 1. The lowest BCUT2D eigenvalue weighted by molar-refractivity contribution is -0.126. The molecular formula is C26H32N4O3. The standard InChI is InChI=1S/C26H32N4O3/c1-17-6-9-22(24(31)28-17)30-15-18-14-19(7-8-20(18)25(30)32)33-23-5-3-4-21(23)29-12-10-26(2,16-27)11-13-29/h7-8,14,21-23H,1,3-6,9-13,15H2,2H3,(H,28,31)/t21-,22?,23+/m1/s1. The highest BCUT2D eigenvalue weighted by Crippen LogP contribution is 2.36. The van der Waals surface area contributed by atoms with Crippen LogP contribution in [0.3, 0.4) is 0 Å². The zero-order valence-electron chi connectivity index (χ0n) is 19.3. The topological polar surface area (TPSA) is 85.7 Å². The van der Waals surface area contributed by atoms with Crippen LogP contribution in [0.25, 0.3) is 0 Å². The van der Waals surface area contributed by atoms with E-state index < -0.39 is 6.04 Å². The lowest BCUT2D eigenvalue weighted by Gasteiger charge is -2.40. The number of ether oxygens (including phenoxy) is 1. The summed E-state index contributed by atoms with van der Waals surface area (Å²) in [7, 11) is 0. The molecule has 5 rings (SSSR count). The number of likely N-dealkylation sites (tertiary alicyclic amines) is 1. The molecule has 3 atom stereocenters. The van der Waals surface area contributed by atoms with Gasteiger partial charge in [-0.3, -0.25) is 14.5 Å². The Morgan fingerprint density at radius 3 is 2.73 bits per heavy atom. The van der Waals surface area contributed by atoms with E-state index in [0.717, 1.165) is 56.5 Å². The number of benzene rings is 1. The Hall–Kier alpha value is -2.85. The fraction of sp³-hybridized carbons (Fsp3) is 0.577. The van der Waals surface area contributed by atoms with Crippen LogP contribution in [0.15, 0.2) is 30.5 Å². The van der Waals surface area contributed by atoms with E-state index in [1.165, 1.54) is 0 Å². The molecule has 1 aromatic carbocycles. The van der Waals surface area contributed by atoms with Gasteiger partial charge in [-0.25, -0.2) is 0 Å². The summed E-state index contributed by atoms with van der Waals surface area (Å²) in [6.07, 6.45) is 6.52. The average molecular weight is 449 g/mol. The van der Waals surface area contributed by atoms with Crippen molar-refractivity contribution in [3.63, 3.8) is 0 Å². The van der Waals surface area contributed by atoms with E-state index in [2.05, 4.69) is 29.8 Å². The molecule has 1 aliphatic carbocycles. The van der Waals surface area contributed by atoms with Gasteiger partial charge in [0.1, 0.15) is 17.9 Å². The molecular weight excluding hydrogens is 416 g/mol. The van der Waals surface area contributed by atoms with Gasteiger partial charge in [0.25, 0.3) is 5.91 Å². The molecule has 3 aliphatic heterocycles. The maximum atomic E-state index is 13.0. The maximum absolute atomic E-state index is 13.0. The van der Waals surface area contributed by atoms with Gasteiger partial charge in [0.2, 0.25) is 5.91 Å². The van der Waals surface area contributed by atoms with Crippen LogP contribution >= 0.6 is 0 Å². The third-order valence-corrected chi connectivity index (χ3v) is 7.95. The van der Waals surface area contributed by atoms with Crippen LogP contribution in [0, 0.1) is 16.7 Å². The van der Waals surface area contributed by atoms with Crippen LogP contribution in [-0.4, -0.2) is 52.9 Å². The van der Waals surface area contributed by atoms with E-state index in [0.29, 0.717) is 36.7 Å². The first kappa shape index (κ1) is 22.0. The number of nitriles is 1. The zero-order chi connectivity index (χ0) is 23.2. The van der Waals surface area contributed by atoms with Gasteiger partial charge in [0.05, 0.1) is 11.5 Å². The largest absolute Gasteiger partial charge is 0.489 e. The first-order chi connectivity index (χ1) is 15.9. The van der Waals surface area contributed by atoms with Gasteiger partial charge in [-0.05, 0) is 75.6 Å². The molecule has 33 heavy (non-hydrogen) atoms. The quantitative estimate of drug-likeness (QED) is 0.763. The first-order valence-electron chi connectivity index (χ1n) is 12.1.